The number of nitrogens with zero attached hydrogens (tertiary/aromatic N) is 3. The van der Waals surface area contributed by atoms with Crippen LogP contribution in [-0.4, -0.2) is 73.7 Å². The molecule has 1 aromatic heterocycles. The van der Waals surface area contributed by atoms with Crippen molar-refractivity contribution < 1.29 is 42.3 Å². The molecule has 0 bridgehead atoms. The van der Waals surface area contributed by atoms with E-state index in [0.717, 1.165) is 43.8 Å². The second-order valence-corrected chi connectivity index (χ2v) is 13.9. The summed E-state index contributed by atoms with van der Waals surface area (Å²) in [6, 6.07) is 5.55. The predicted molar refractivity (Wildman–Crippen MR) is 170 cm³/mol. The summed E-state index contributed by atoms with van der Waals surface area (Å²) >= 11 is 6.85. The SMILES string of the molecule is CCC(=CC=C1Oc2ccc(C)cc2N1CCCS(=O)(=O)O)C=c1sc(=C2SC(=S)N(CC(=O)O)C2=O)n(CC(=O)O)c1=O. The molecule has 0 radical (unpaired) electrons. The number of carbonyl (C=O) groups is 3. The molecular weight excluding hydrogens is 655 g/mol. The standard InChI is InChI=1S/C27H27N3O10S4/c1-3-16(6-8-20-28(9-4-10-44(37,38)39)17-11-15(2)5-7-18(17)40-20)12-19-24(35)29(13-21(31)32)26(42-19)23-25(36)30(14-22(33)34)27(41)43-23/h5-8,11-12H,3-4,9-10,13-14H2,1-2H3,(H,31,32)(H,33,34)(H,37,38,39). The Morgan fingerprint density at radius 2 is 1.82 bits per heavy atom. The highest BCUT2D eigenvalue weighted by Crippen LogP contribution is 2.39. The van der Waals surface area contributed by atoms with E-state index in [4.69, 9.17) is 26.6 Å². The maximum Gasteiger partial charge on any atom is 0.323 e. The molecule has 0 saturated carbocycles. The van der Waals surface area contributed by atoms with Gasteiger partial charge in [-0.2, -0.15) is 8.42 Å². The average molecular weight is 682 g/mol. The summed E-state index contributed by atoms with van der Waals surface area (Å²) in [5.41, 5.74) is 1.69. The van der Waals surface area contributed by atoms with Gasteiger partial charge in [0, 0.05) is 6.54 Å². The topological polar surface area (TPSA) is 184 Å². The van der Waals surface area contributed by atoms with Gasteiger partial charge >= 0.3 is 11.9 Å². The van der Waals surface area contributed by atoms with Crippen molar-refractivity contribution in [2.45, 2.75) is 33.2 Å². The fourth-order valence-electron chi connectivity index (χ4n) is 4.35. The molecule has 3 heterocycles. The summed E-state index contributed by atoms with van der Waals surface area (Å²) in [7, 11) is -4.15. The molecule has 0 aliphatic carbocycles. The third-order valence-electron chi connectivity index (χ3n) is 6.37. The molecule has 2 aromatic rings. The third-order valence-corrected chi connectivity index (χ3v) is 9.87. The van der Waals surface area contributed by atoms with Gasteiger partial charge in [-0.1, -0.05) is 43.0 Å². The van der Waals surface area contributed by atoms with E-state index in [-0.39, 0.29) is 31.4 Å². The minimum Gasteiger partial charge on any atom is -0.480 e. The van der Waals surface area contributed by atoms with Crippen molar-refractivity contribution in [1.29, 1.82) is 0 Å². The number of hydrogen-bond donors (Lipinski definition) is 3. The Labute approximate surface area is 264 Å². The maximum absolute atomic E-state index is 13.3. The van der Waals surface area contributed by atoms with Crippen molar-refractivity contribution in [3.63, 3.8) is 0 Å². The fourth-order valence-corrected chi connectivity index (χ4v) is 7.37. The van der Waals surface area contributed by atoms with Crippen LogP contribution in [0.5, 0.6) is 5.75 Å². The van der Waals surface area contributed by atoms with Crippen LogP contribution in [0, 0.1) is 6.92 Å². The summed E-state index contributed by atoms with van der Waals surface area (Å²) < 4.78 is 38.8. The van der Waals surface area contributed by atoms with Crippen LogP contribution in [0.25, 0.3) is 11.0 Å². The number of anilines is 1. The summed E-state index contributed by atoms with van der Waals surface area (Å²) in [4.78, 5) is 51.7. The Morgan fingerprint density at radius 1 is 1.11 bits per heavy atom. The van der Waals surface area contributed by atoms with Crippen molar-refractivity contribution in [2.75, 3.05) is 23.7 Å². The second-order valence-electron chi connectivity index (χ2n) is 9.65. The van der Waals surface area contributed by atoms with E-state index in [1.807, 2.05) is 26.0 Å². The zero-order valence-electron chi connectivity index (χ0n) is 23.4. The van der Waals surface area contributed by atoms with Crippen LogP contribution >= 0.6 is 35.3 Å². The number of carboxylic acids is 2. The van der Waals surface area contributed by atoms with E-state index >= 15 is 0 Å². The number of rotatable bonds is 11. The largest absolute Gasteiger partial charge is 0.480 e. The average Bonchev–Trinajstić information content (AvgIpc) is 3.52. The minimum absolute atomic E-state index is 0.0182. The van der Waals surface area contributed by atoms with Crippen LogP contribution in [0.1, 0.15) is 25.3 Å². The van der Waals surface area contributed by atoms with E-state index in [2.05, 4.69) is 0 Å². The number of thioether (sulfide) groups is 1. The van der Waals surface area contributed by atoms with E-state index in [1.54, 1.807) is 29.2 Å². The van der Waals surface area contributed by atoms with Crippen molar-refractivity contribution in [3.8, 4) is 5.75 Å². The zero-order valence-corrected chi connectivity index (χ0v) is 26.6. The number of carbonyl (C=O) groups excluding carboxylic acids is 1. The number of hydrogen-bond acceptors (Lipinski definition) is 11. The molecule has 0 spiro atoms. The number of aliphatic carboxylic acids is 2. The Hall–Kier alpha value is -3.77. The minimum atomic E-state index is -4.15. The molecule has 2 aliphatic rings. The highest BCUT2D eigenvalue weighted by molar-refractivity contribution is 8.30. The molecule has 1 fully saturated rings. The highest BCUT2D eigenvalue weighted by Gasteiger charge is 2.35. The number of amides is 1. The number of fused-ring (bicyclic) bond motifs is 1. The lowest BCUT2D eigenvalue weighted by atomic mass is 10.2. The van der Waals surface area contributed by atoms with Crippen molar-refractivity contribution in [3.05, 3.63) is 66.9 Å². The molecule has 4 rings (SSSR count). The molecule has 44 heavy (non-hydrogen) atoms. The van der Waals surface area contributed by atoms with Crippen molar-refractivity contribution in [2.24, 2.45) is 0 Å². The van der Waals surface area contributed by atoms with Gasteiger partial charge in [-0.3, -0.25) is 33.2 Å². The number of ether oxygens (including phenoxy) is 1. The van der Waals surface area contributed by atoms with E-state index in [9.17, 15) is 32.7 Å². The van der Waals surface area contributed by atoms with Crippen LogP contribution in [0.4, 0.5) is 5.69 Å². The first-order valence-corrected chi connectivity index (χ1v) is 16.7. The second kappa shape index (κ2) is 13.5. The molecule has 2 aliphatic heterocycles. The van der Waals surface area contributed by atoms with E-state index < -0.39 is 52.4 Å². The van der Waals surface area contributed by atoms with Crippen molar-refractivity contribution >= 4 is 84.3 Å². The predicted octanol–water partition coefficient (Wildman–Crippen LogP) is 1.49. The van der Waals surface area contributed by atoms with Gasteiger partial charge in [-0.25, -0.2) is 0 Å². The van der Waals surface area contributed by atoms with Gasteiger partial charge in [0.15, 0.2) is 5.75 Å². The Bertz CT molecular complexity index is 1910. The van der Waals surface area contributed by atoms with Crippen LogP contribution in [0.3, 0.4) is 0 Å². The lowest BCUT2D eigenvalue weighted by molar-refractivity contribution is -0.140. The molecule has 1 amide bonds. The lowest BCUT2D eigenvalue weighted by Gasteiger charge is -2.18. The zero-order chi connectivity index (χ0) is 32.3. The summed E-state index contributed by atoms with van der Waals surface area (Å²) in [5, 5.41) is 18.6. The Morgan fingerprint density at radius 3 is 2.45 bits per heavy atom. The van der Waals surface area contributed by atoms with Gasteiger partial charge < -0.3 is 19.8 Å². The normalized spacial score (nSPS) is 17.9. The molecule has 234 valence electrons. The van der Waals surface area contributed by atoms with Crippen LogP contribution in [0.2, 0.25) is 0 Å². The first kappa shape index (κ1) is 33.1. The lowest BCUT2D eigenvalue weighted by Crippen LogP contribution is -2.36. The molecule has 0 unspecified atom stereocenters. The van der Waals surface area contributed by atoms with Crippen LogP contribution < -0.4 is 24.4 Å². The number of benzene rings is 1. The summed E-state index contributed by atoms with van der Waals surface area (Å²) in [6.45, 7) is 2.59. The molecule has 1 aromatic carbocycles. The van der Waals surface area contributed by atoms with E-state index in [1.165, 1.54) is 0 Å². The summed E-state index contributed by atoms with van der Waals surface area (Å²) in [5.74, 6) is -2.78. The summed E-state index contributed by atoms with van der Waals surface area (Å²) in [6.07, 6.45) is 5.52. The fraction of sp³-hybridized carbons (Fsp3) is 0.296. The first-order valence-electron chi connectivity index (χ1n) is 13.0. The number of thiazole rings is 1. The number of thiocarbonyl (C=S) groups is 1. The molecule has 1 saturated heterocycles. The van der Waals surface area contributed by atoms with Gasteiger partial charge in [-0.05, 0) is 55.2 Å². The van der Waals surface area contributed by atoms with Gasteiger partial charge in [0.25, 0.3) is 21.6 Å². The quantitative estimate of drug-likeness (QED) is 0.229. The third kappa shape index (κ3) is 7.65. The monoisotopic (exact) mass is 681 g/mol. The highest BCUT2D eigenvalue weighted by atomic mass is 32.2. The molecule has 17 heteroatoms. The molecule has 3 N–H and O–H groups in total. The van der Waals surface area contributed by atoms with Gasteiger partial charge in [0.2, 0.25) is 5.88 Å². The first-order chi connectivity index (χ1) is 20.7. The van der Waals surface area contributed by atoms with E-state index in [0.29, 0.717) is 23.6 Å². The molecular formula is C27H27N3O10S4. The Kier molecular flexibility index (Phi) is 10.1. The van der Waals surface area contributed by atoms with Crippen LogP contribution in [-0.2, 0) is 31.0 Å². The van der Waals surface area contributed by atoms with Crippen molar-refractivity contribution in [1.82, 2.24) is 9.47 Å². The Balaban J connectivity index is 1.76. The molecule has 0 atom stereocenters. The van der Waals surface area contributed by atoms with Gasteiger partial charge in [0.1, 0.15) is 27.0 Å². The number of aryl methyl sites for hydroxylation is 1. The van der Waals surface area contributed by atoms with Crippen LogP contribution in [0.15, 0.2) is 46.6 Å². The number of aromatic nitrogens is 1. The van der Waals surface area contributed by atoms with Gasteiger partial charge in [0.05, 0.1) is 16.0 Å². The molecule has 13 nitrogen and oxygen atoms in total. The smallest absolute Gasteiger partial charge is 0.323 e. The maximum atomic E-state index is 13.3. The number of allylic oxidation sites excluding steroid dienone is 3. The van der Waals surface area contributed by atoms with Gasteiger partial charge in [-0.15, -0.1) is 11.3 Å². The number of carboxylic acid groups (broad SMARTS) is 2.